The molecule has 0 aromatic heterocycles. The number of carboxylic acids is 1. The van der Waals surface area contributed by atoms with E-state index in [0.717, 1.165) is 63.0 Å². The Hall–Kier alpha value is -2.98. The molecule has 0 bridgehead atoms. The number of aliphatic carboxylic acids is 1. The molecule has 2 heterocycles. The summed E-state index contributed by atoms with van der Waals surface area (Å²) < 4.78 is 5.89. The highest BCUT2D eigenvalue weighted by Crippen LogP contribution is 2.48. The molecule has 2 aliphatic rings. The van der Waals surface area contributed by atoms with Gasteiger partial charge in [0.2, 0.25) is 0 Å². The van der Waals surface area contributed by atoms with Crippen molar-refractivity contribution in [1.82, 2.24) is 0 Å². The molecule has 2 N–H and O–H groups in total. The van der Waals surface area contributed by atoms with Crippen molar-refractivity contribution in [3.8, 4) is 16.9 Å². The molecule has 0 radical (unpaired) electrons. The van der Waals surface area contributed by atoms with Crippen LogP contribution in [0.2, 0.25) is 5.02 Å². The first-order chi connectivity index (χ1) is 14.0. The minimum absolute atomic E-state index is 0.0323. The van der Waals surface area contributed by atoms with E-state index >= 15 is 0 Å². The zero-order valence-electron chi connectivity index (χ0n) is 16.0. The number of carboxylic acid groups (broad SMARTS) is 1. The second-order valence-electron chi connectivity index (χ2n) is 7.55. The summed E-state index contributed by atoms with van der Waals surface area (Å²) in [6.45, 7) is 3.41. The maximum atomic E-state index is 11.7. The Bertz CT molecular complexity index is 1210. The third-order valence-electron chi connectivity index (χ3n) is 5.77. The van der Waals surface area contributed by atoms with Gasteiger partial charge >= 0.3 is 5.97 Å². The van der Waals surface area contributed by atoms with Crippen LogP contribution in [-0.4, -0.2) is 24.2 Å². The first kappa shape index (κ1) is 18.1. The summed E-state index contributed by atoms with van der Waals surface area (Å²) >= 11 is 6.24. The van der Waals surface area contributed by atoms with Crippen LogP contribution in [0.3, 0.4) is 0 Å². The molecule has 2 aliphatic heterocycles. The lowest BCUT2D eigenvalue weighted by Gasteiger charge is -2.29. The van der Waals surface area contributed by atoms with E-state index in [1.807, 2.05) is 43.3 Å². The Kier molecular flexibility index (Phi) is 4.25. The van der Waals surface area contributed by atoms with Gasteiger partial charge in [0.05, 0.1) is 18.7 Å². The van der Waals surface area contributed by atoms with Crippen molar-refractivity contribution in [2.45, 2.75) is 19.8 Å². The van der Waals surface area contributed by atoms with Gasteiger partial charge in [-0.25, -0.2) is 0 Å². The molecule has 0 amide bonds. The van der Waals surface area contributed by atoms with Crippen LogP contribution in [0, 0.1) is 6.92 Å². The van der Waals surface area contributed by atoms with Gasteiger partial charge in [-0.3, -0.25) is 4.79 Å². The lowest BCUT2D eigenvalue weighted by atomic mass is 9.84. The summed E-state index contributed by atoms with van der Waals surface area (Å²) in [5, 5.41) is 15.8. The Balaban J connectivity index is 1.87. The number of hydrogen-bond acceptors (Lipinski definition) is 3. The number of carbonyl (C=O) groups is 1. The number of ether oxygens (including phenoxy) is 1. The summed E-state index contributed by atoms with van der Waals surface area (Å²) in [6, 6.07) is 11.9. The SMILES string of the molecule is Cc1cc2cc(Cl)ccc2c(-c2ccc3c4c2NCC=C4CCO3)c1CC(=O)O. The average Bonchev–Trinajstić information content (AvgIpc) is 2.69. The molecule has 146 valence electrons. The predicted molar refractivity (Wildman–Crippen MR) is 117 cm³/mol. The second kappa shape index (κ2) is 6.82. The van der Waals surface area contributed by atoms with E-state index in [9.17, 15) is 9.90 Å². The van der Waals surface area contributed by atoms with E-state index < -0.39 is 5.97 Å². The van der Waals surface area contributed by atoms with Gasteiger partial charge in [-0.1, -0.05) is 29.8 Å². The molecule has 5 rings (SSSR count). The molecule has 0 spiro atoms. The van der Waals surface area contributed by atoms with Crippen molar-refractivity contribution >= 4 is 39.6 Å². The normalized spacial score (nSPS) is 14.6. The number of hydrogen-bond donors (Lipinski definition) is 2. The standard InChI is InChI=1S/C24H20ClNO3/c1-13-10-15-11-16(25)2-3-17(15)23(19(13)12-21(27)28)18-4-5-20-22-14(7-9-29-20)6-8-26-24(18)22/h2-6,10-11,26H,7-9,12H2,1H3,(H,27,28). The minimum atomic E-state index is -0.842. The van der Waals surface area contributed by atoms with Crippen LogP contribution in [-0.2, 0) is 11.2 Å². The van der Waals surface area contributed by atoms with Gasteiger partial charge in [0, 0.05) is 29.1 Å². The molecule has 0 atom stereocenters. The third kappa shape index (κ3) is 2.95. The highest BCUT2D eigenvalue weighted by Gasteiger charge is 2.26. The molecule has 4 nitrogen and oxygen atoms in total. The largest absolute Gasteiger partial charge is 0.493 e. The zero-order chi connectivity index (χ0) is 20.1. The lowest BCUT2D eigenvalue weighted by Crippen LogP contribution is -2.17. The monoisotopic (exact) mass is 405 g/mol. The van der Waals surface area contributed by atoms with Crippen molar-refractivity contribution in [3.63, 3.8) is 0 Å². The molecule has 0 aliphatic carbocycles. The first-order valence-corrected chi connectivity index (χ1v) is 10.1. The van der Waals surface area contributed by atoms with Crippen molar-refractivity contribution in [3.05, 3.63) is 64.2 Å². The second-order valence-corrected chi connectivity index (χ2v) is 7.99. The maximum absolute atomic E-state index is 11.7. The zero-order valence-corrected chi connectivity index (χ0v) is 16.8. The Labute approximate surface area is 173 Å². The summed E-state index contributed by atoms with van der Waals surface area (Å²) in [7, 11) is 0. The van der Waals surface area contributed by atoms with Gasteiger partial charge in [0.15, 0.2) is 0 Å². The number of anilines is 1. The smallest absolute Gasteiger partial charge is 0.307 e. The van der Waals surface area contributed by atoms with E-state index in [1.54, 1.807) is 0 Å². The van der Waals surface area contributed by atoms with Gasteiger partial charge in [-0.2, -0.15) is 0 Å². The molecule has 0 saturated heterocycles. The van der Waals surface area contributed by atoms with Crippen LogP contribution in [0.4, 0.5) is 5.69 Å². The molecule has 0 saturated carbocycles. The fourth-order valence-electron chi connectivity index (χ4n) is 4.54. The summed E-state index contributed by atoms with van der Waals surface area (Å²) in [4.78, 5) is 11.7. The maximum Gasteiger partial charge on any atom is 0.307 e. The molecule has 0 fully saturated rings. The van der Waals surface area contributed by atoms with Crippen molar-refractivity contribution < 1.29 is 14.6 Å². The van der Waals surface area contributed by atoms with E-state index in [2.05, 4.69) is 11.4 Å². The van der Waals surface area contributed by atoms with Crippen molar-refractivity contribution in [2.24, 2.45) is 0 Å². The number of nitrogens with one attached hydrogen (secondary N) is 1. The van der Waals surface area contributed by atoms with Crippen molar-refractivity contribution in [2.75, 3.05) is 18.5 Å². The molecule has 5 heteroatoms. The molecular formula is C24H20ClNO3. The van der Waals surface area contributed by atoms with Gasteiger partial charge in [0.25, 0.3) is 0 Å². The third-order valence-corrected chi connectivity index (χ3v) is 6.01. The van der Waals surface area contributed by atoms with E-state index in [4.69, 9.17) is 16.3 Å². The lowest BCUT2D eigenvalue weighted by molar-refractivity contribution is -0.136. The summed E-state index contributed by atoms with van der Waals surface area (Å²) in [5.41, 5.74) is 7.16. The van der Waals surface area contributed by atoms with Gasteiger partial charge in [0.1, 0.15) is 5.75 Å². The fraction of sp³-hybridized carbons (Fsp3) is 0.208. The fourth-order valence-corrected chi connectivity index (χ4v) is 4.72. The van der Waals surface area contributed by atoms with Crippen LogP contribution < -0.4 is 10.1 Å². The van der Waals surface area contributed by atoms with Crippen LogP contribution >= 0.6 is 11.6 Å². The highest BCUT2D eigenvalue weighted by molar-refractivity contribution is 6.31. The van der Waals surface area contributed by atoms with Gasteiger partial charge in [-0.15, -0.1) is 0 Å². The number of rotatable bonds is 3. The number of aryl methyl sites for hydroxylation is 1. The first-order valence-electron chi connectivity index (χ1n) is 9.70. The quantitative estimate of drug-likeness (QED) is 0.588. The number of benzene rings is 3. The molecule has 3 aromatic carbocycles. The molecule has 3 aromatic rings. The van der Waals surface area contributed by atoms with Crippen LogP contribution in [0.5, 0.6) is 5.75 Å². The van der Waals surface area contributed by atoms with Crippen LogP contribution in [0.15, 0.2) is 42.5 Å². The van der Waals surface area contributed by atoms with E-state index in [-0.39, 0.29) is 6.42 Å². The Morgan fingerprint density at radius 1 is 1.21 bits per heavy atom. The van der Waals surface area contributed by atoms with Gasteiger partial charge in [-0.05, 0) is 64.2 Å². The molecular weight excluding hydrogens is 386 g/mol. The predicted octanol–water partition coefficient (Wildman–Crippen LogP) is 5.69. The Morgan fingerprint density at radius 2 is 2.07 bits per heavy atom. The topological polar surface area (TPSA) is 58.6 Å². The van der Waals surface area contributed by atoms with E-state index in [0.29, 0.717) is 11.6 Å². The number of fused-ring (bicyclic) bond motifs is 1. The highest BCUT2D eigenvalue weighted by atomic mass is 35.5. The molecule has 0 unspecified atom stereocenters. The number of halogens is 1. The Morgan fingerprint density at radius 3 is 2.90 bits per heavy atom. The summed E-state index contributed by atoms with van der Waals surface area (Å²) in [6.07, 6.45) is 3.07. The summed E-state index contributed by atoms with van der Waals surface area (Å²) in [5.74, 6) is 0.0411. The van der Waals surface area contributed by atoms with Gasteiger partial charge < -0.3 is 15.2 Å². The minimum Gasteiger partial charge on any atom is -0.493 e. The van der Waals surface area contributed by atoms with Crippen LogP contribution in [0.1, 0.15) is 23.1 Å². The van der Waals surface area contributed by atoms with Crippen molar-refractivity contribution in [1.29, 1.82) is 0 Å². The van der Waals surface area contributed by atoms with E-state index in [1.165, 1.54) is 5.57 Å². The average molecular weight is 406 g/mol. The van der Waals surface area contributed by atoms with Crippen LogP contribution in [0.25, 0.3) is 27.5 Å². The molecule has 29 heavy (non-hydrogen) atoms.